The summed E-state index contributed by atoms with van der Waals surface area (Å²) in [7, 11) is 0. The van der Waals surface area contributed by atoms with Crippen molar-refractivity contribution in [3.05, 3.63) is 0 Å². The molecule has 1 aliphatic rings. The summed E-state index contributed by atoms with van der Waals surface area (Å²) in [6.45, 7) is 13.5. The minimum absolute atomic E-state index is 0.00183. The van der Waals surface area contributed by atoms with Gasteiger partial charge in [0, 0.05) is 0 Å². The number of hydrogen-bond donors (Lipinski definition) is 0. The summed E-state index contributed by atoms with van der Waals surface area (Å²) >= 11 is 0. The average molecular weight is 226 g/mol. The fourth-order valence-corrected chi connectivity index (χ4v) is 2.76. The molecule has 1 saturated carbocycles. The number of carbonyl (C=O) groups is 1. The van der Waals surface area contributed by atoms with Crippen molar-refractivity contribution in [3.63, 3.8) is 0 Å². The largest absolute Gasteiger partial charge is 0.465 e. The maximum atomic E-state index is 12.1. The quantitative estimate of drug-likeness (QED) is 0.684. The molecule has 0 aromatic carbocycles. The minimum atomic E-state index is -0.291. The summed E-state index contributed by atoms with van der Waals surface area (Å²) in [5, 5.41) is 0. The molecule has 0 N–H and O–H groups in total. The Kier molecular flexibility index (Phi) is 3.42. The fraction of sp³-hybridized carbons (Fsp3) is 0.929. The molecule has 2 heteroatoms. The van der Waals surface area contributed by atoms with Gasteiger partial charge in [-0.25, -0.2) is 0 Å². The first-order valence-corrected chi connectivity index (χ1v) is 6.36. The van der Waals surface area contributed by atoms with E-state index in [-0.39, 0.29) is 22.2 Å². The van der Waals surface area contributed by atoms with E-state index in [0.717, 1.165) is 19.3 Å². The summed E-state index contributed by atoms with van der Waals surface area (Å²) in [5.74, 6) is -0.00183. The highest BCUT2D eigenvalue weighted by Crippen LogP contribution is 2.65. The Labute approximate surface area is 99.8 Å². The van der Waals surface area contributed by atoms with Gasteiger partial charge in [-0.1, -0.05) is 34.6 Å². The molecule has 0 aliphatic heterocycles. The molecule has 1 rings (SSSR count). The van der Waals surface area contributed by atoms with Crippen molar-refractivity contribution >= 4 is 5.97 Å². The molecule has 0 aromatic heterocycles. The standard InChI is InChI=1S/C14H26O2/c1-7-10-16-11(15)13(5)8-9-14(13,6)12(2,3)4/h7-10H2,1-6H3. The van der Waals surface area contributed by atoms with Gasteiger partial charge in [0.1, 0.15) is 0 Å². The van der Waals surface area contributed by atoms with E-state index >= 15 is 0 Å². The van der Waals surface area contributed by atoms with Gasteiger partial charge in [0.05, 0.1) is 12.0 Å². The topological polar surface area (TPSA) is 26.3 Å². The predicted molar refractivity (Wildman–Crippen MR) is 66.2 cm³/mol. The van der Waals surface area contributed by atoms with Gasteiger partial charge in [-0.15, -0.1) is 0 Å². The van der Waals surface area contributed by atoms with Gasteiger partial charge in [-0.2, -0.15) is 0 Å². The van der Waals surface area contributed by atoms with Crippen molar-refractivity contribution in [3.8, 4) is 0 Å². The van der Waals surface area contributed by atoms with Crippen LogP contribution in [-0.4, -0.2) is 12.6 Å². The lowest BCUT2D eigenvalue weighted by Gasteiger charge is -2.60. The molecule has 2 nitrogen and oxygen atoms in total. The van der Waals surface area contributed by atoms with E-state index in [1.165, 1.54) is 0 Å². The molecule has 0 spiro atoms. The normalized spacial score (nSPS) is 34.4. The lowest BCUT2D eigenvalue weighted by atomic mass is 9.43. The van der Waals surface area contributed by atoms with Crippen LogP contribution in [0.2, 0.25) is 0 Å². The maximum absolute atomic E-state index is 12.1. The molecule has 1 aliphatic carbocycles. The second-order valence-electron chi connectivity index (χ2n) is 6.55. The third kappa shape index (κ3) is 1.76. The Balaban J connectivity index is 2.83. The van der Waals surface area contributed by atoms with Gasteiger partial charge in [0.2, 0.25) is 0 Å². The molecule has 0 aromatic rings. The third-order valence-corrected chi connectivity index (χ3v) is 4.89. The van der Waals surface area contributed by atoms with Gasteiger partial charge in [-0.3, -0.25) is 4.79 Å². The lowest BCUT2D eigenvalue weighted by Crippen LogP contribution is -2.59. The van der Waals surface area contributed by atoms with E-state index in [1.54, 1.807) is 0 Å². The number of carbonyl (C=O) groups excluding carboxylic acids is 1. The first-order chi connectivity index (χ1) is 7.19. The van der Waals surface area contributed by atoms with Crippen LogP contribution < -0.4 is 0 Å². The highest BCUT2D eigenvalue weighted by molar-refractivity contribution is 5.79. The van der Waals surface area contributed by atoms with E-state index in [0.29, 0.717) is 6.61 Å². The monoisotopic (exact) mass is 226 g/mol. The zero-order valence-corrected chi connectivity index (χ0v) is 11.6. The Morgan fingerprint density at radius 3 is 2.12 bits per heavy atom. The van der Waals surface area contributed by atoms with Crippen molar-refractivity contribution < 1.29 is 9.53 Å². The highest BCUT2D eigenvalue weighted by Gasteiger charge is 2.63. The van der Waals surface area contributed by atoms with E-state index in [4.69, 9.17) is 4.74 Å². The van der Waals surface area contributed by atoms with Crippen molar-refractivity contribution in [2.24, 2.45) is 16.2 Å². The van der Waals surface area contributed by atoms with E-state index < -0.39 is 0 Å². The van der Waals surface area contributed by atoms with Crippen LogP contribution in [0.5, 0.6) is 0 Å². The first kappa shape index (κ1) is 13.5. The van der Waals surface area contributed by atoms with Crippen LogP contribution in [0.15, 0.2) is 0 Å². The fourth-order valence-electron chi connectivity index (χ4n) is 2.76. The maximum Gasteiger partial charge on any atom is 0.312 e. The number of ether oxygens (including phenoxy) is 1. The van der Waals surface area contributed by atoms with Gasteiger partial charge in [0.15, 0.2) is 0 Å². The summed E-state index contributed by atoms with van der Waals surface area (Å²) in [4.78, 5) is 12.1. The Morgan fingerprint density at radius 1 is 1.25 bits per heavy atom. The van der Waals surface area contributed by atoms with Gasteiger partial charge < -0.3 is 4.74 Å². The molecule has 1 fully saturated rings. The van der Waals surface area contributed by atoms with Gasteiger partial charge in [-0.05, 0) is 37.0 Å². The molecular weight excluding hydrogens is 200 g/mol. The Bertz CT molecular complexity index is 277. The summed E-state index contributed by atoms with van der Waals surface area (Å²) in [5.41, 5.74) is -0.0868. The van der Waals surface area contributed by atoms with Gasteiger partial charge in [0.25, 0.3) is 0 Å². The van der Waals surface area contributed by atoms with E-state index in [1.807, 2.05) is 6.92 Å². The van der Waals surface area contributed by atoms with Crippen LogP contribution in [0.3, 0.4) is 0 Å². The molecule has 2 atom stereocenters. The summed E-state index contributed by atoms with van der Waals surface area (Å²) in [6.07, 6.45) is 2.98. The van der Waals surface area contributed by atoms with Crippen LogP contribution in [0.1, 0.15) is 60.8 Å². The minimum Gasteiger partial charge on any atom is -0.465 e. The van der Waals surface area contributed by atoms with Crippen LogP contribution >= 0.6 is 0 Å². The van der Waals surface area contributed by atoms with Crippen LogP contribution in [0.25, 0.3) is 0 Å². The molecule has 0 radical (unpaired) electrons. The molecule has 2 unspecified atom stereocenters. The molecule has 0 amide bonds. The number of rotatable bonds is 3. The third-order valence-electron chi connectivity index (χ3n) is 4.89. The van der Waals surface area contributed by atoms with Crippen molar-refractivity contribution in [2.45, 2.75) is 60.8 Å². The molecule has 0 bridgehead atoms. The van der Waals surface area contributed by atoms with E-state index in [9.17, 15) is 4.79 Å². The van der Waals surface area contributed by atoms with Crippen LogP contribution in [-0.2, 0) is 9.53 Å². The smallest absolute Gasteiger partial charge is 0.312 e. The molecule has 16 heavy (non-hydrogen) atoms. The Morgan fingerprint density at radius 2 is 1.81 bits per heavy atom. The van der Waals surface area contributed by atoms with Crippen LogP contribution in [0.4, 0.5) is 0 Å². The summed E-state index contributed by atoms with van der Waals surface area (Å²) in [6, 6.07) is 0. The predicted octanol–water partition coefficient (Wildman–Crippen LogP) is 3.79. The second-order valence-corrected chi connectivity index (χ2v) is 6.55. The number of hydrogen-bond acceptors (Lipinski definition) is 2. The zero-order valence-electron chi connectivity index (χ0n) is 11.6. The van der Waals surface area contributed by atoms with E-state index in [2.05, 4.69) is 34.6 Å². The molecule has 0 saturated heterocycles. The highest BCUT2D eigenvalue weighted by atomic mass is 16.5. The summed E-state index contributed by atoms with van der Waals surface area (Å²) < 4.78 is 5.35. The molecular formula is C14H26O2. The first-order valence-electron chi connectivity index (χ1n) is 6.36. The van der Waals surface area contributed by atoms with Crippen molar-refractivity contribution in [2.75, 3.05) is 6.61 Å². The SMILES string of the molecule is CCCOC(=O)C1(C)CCC1(C)C(C)(C)C. The molecule has 0 heterocycles. The zero-order chi connectivity index (χ0) is 12.6. The van der Waals surface area contributed by atoms with Crippen LogP contribution in [0, 0.1) is 16.2 Å². The lowest BCUT2D eigenvalue weighted by molar-refractivity contribution is -0.193. The van der Waals surface area contributed by atoms with Crippen molar-refractivity contribution in [1.29, 1.82) is 0 Å². The second kappa shape index (κ2) is 4.05. The number of esters is 1. The van der Waals surface area contributed by atoms with Gasteiger partial charge >= 0.3 is 5.97 Å². The Hall–Kier alpha value is -0.530. The van der Waals surface area contributed by atoms with Crippen molar-refractivity contribution in [1.82, 2.24) is 0 Å². The molecule has 94 valence electrons. The average Bonchev–Trinajstić information content (AvgIpc) is 2.20.